The van der Waals surface area contributed by atoms with Crippen LogP contribution in [0.25, 0.3) is 0 Å². The first kappa shape index (κ1) is 98.4. The fourth-order valence-corrected chi connectivity index (χ4v) is 13.5. The van der Waals surface area contributed by atoms with Crippen LogP contribution in [0.3, 0.4) is 0 Å². The number of amides is 8. The van der Waals surface area contributed by atoms with E-state index < -0.39 is 53.4 Å². The van der Waals surface area contributed by atoms with Gasteiger partial charge in [-0.15, -0.1) is 0 Å². The number of nitrogens with zero attached hydrogens (tertiary/aromatic N) is 8. The van der Waals surface area contributed by atoms with E-state index in [-0.39, 0.29) is 135 Å². The molecule has 9 rings (SSSR count). The summed E-state index contributed by atoms with van der Waals surface area (Å²) < 4.78 is 34.8. The van der Waals surface area contributed by atoms with E-state index in [1.807, 2.05) is 30.3 Å². The Morgan fingerprint density at radius 3 is 0.688 bits per heavy atom. The highest BCUT2D eigenvalue weighted by Gasteiger charge is 2.25. The van der Waals surface area contributed by atoms with Crippen LogP contribution in [0.4, 0.5) is 51.3 Å². The number of rotatable bonds is 58. The average Bonchev–Trinajstić information content (AvgIpc) is 0.879. The number of carbonyl (C=O) groups excluding carboxylic acids is 9. The number of ether oxygens (including phenoxy) is 6. The summed E-state index contributed by atoms with van der Waals surface area (Å²) in [6, 6.07) is 38.5. The fraction of sp³-hybridized carbons (Fsp3) is 0.433. The van der Waals surface area contributed by atoms with Gasteiger partial charge in [0, 0.05) is 48.5 Å². The number of hydrogen-bond acceptors (Lipinski definition) is 23. The molecule has 0 spiro atoms. The maximum atomic E-state index is 14.4. The largest absolute Gasteiger partial charge is 0.493 e. The molecule has 8 amide bonds. The van der Waals surface area contributed by atoms with Crippen molar-refractivity contribution >= 4 is 100.0 Å². The monoisotopic (exact) mass is 1750 g/mol. The van der Waals surface area contributed by atoms with E-state index >= 15 is 0 Å². The van der Waals surface area contributed by atoms with Crippen molar-refractivity contribution in [3.05, 3.63) is 203 Å². The lowest BCUT2D eigenvalue weighted by atomic mass is 10.1. The topological polar surface area (TPSA) is 408 Å². The molecule has 0 saturated carbocycles. The Balaban J connectivity index is 0.880. The first-order chi connectivity index (χ1) is 62.4. The minimum absolute atomic E-state index is 0.00103. The molecule has 0 atom stereocenters. The summed E-state index contributed by atoms with van der Waals surface area (Å²) in [6.07, 6.45) is 33.2. The molecule has 9 aromatic rings. The maximum Gasteiger partial charge on any atom is 0.413 e. The molecule has 0 bridgehead atoms. The van der Waals surface area contributed by atoms with Crippen molar-refractivity contribution in [2.45, 2.75) is 240 Å². The van der Waals surface area contributed by atoms with Gasteiger partial charge in [-0.1, -0.05) is 262 Å². The molecule has 0 unspecified atom stereocenters. The number of methoxy groups -OCH3 is 1. The van der Waals surface area contributed by atoms with Crippen LogP contribution in [0, 0.1) is 0 Å². The minimum atomic E-state index is -0.809. The van der Waals surface area contributed by atoms with E-state index in [2.05, 4.69) is 110 Å². The summed E-state index contributed by atoms with van der Waals surface area (Å²) in [5.74, 6) is -5.38. The van der Waals surface area contributed by atoms with Gasteiger partial charge in [0.1, 0.15) is 116 Å². The quantitative estimate of drug-likeness (QED) is 0.0130. The molecule has 0 aliphatic rings. The molecule has 0 fully saturated rings. The second-order valence-electron chi connectivity index (χ2n) is 31.1. The smallest absolute Gasteiger partial charge is 0.413 e. The van der Waals surface area contributed by atoms with Gasteiger partial charge in [0.2, 0.25) is 0 Å². The Hall–Kier alpha value is -13.4. The summed E-state index contributed by atoms with van der Waals surface area (Å²) in [7, 11) is 1.21. The number of anilines is 8. The van der Waals surface area contributed by atoms with Gasteiger partial charge in [0.15, 0.2) is 5.69 Å². The molecule has 8 heterocycles. The van der Waals surface area contributed by atoms with Crippen molar-refractivity contribution in [2.75, 3.05) is 76.1 Å². The zero-order chi connectivity index (χ0) is 90.7. The lowest BCUT2D eigenvalue weighted by molar-refractivity contribution is 0.0592. The van der Waals surface area contributed by atoms with Crippen LogP contribution in [0.5, 0.6) is 23.0 Å². The minimum Gasteiger partial charge on any atom is -0.493 e. The number of unbranched alkanes of at least 4 members (excludes halogenated alkanes) is 28. The third-order valence-corrected chi connectivity index (χ3v) is 20.4. The van der Waals surface area contributed by atoms with Gasteiger partial charge in [-0.05, 0) is 79.8 Å². The average molecular weight is 1750 g/mol. The van der Waals surface area contributed by atoms with Crippen molar-refractivity contribution in [3.63, 3.8) is 0 Å². The van der Waals surface area contributed by atoms with Crippen LogP contribution in [0.15, 0.2) is 152 Å². The number of benzene rings is 1. The molecule has 31 nitrogen and oxygen atoms in total. The molecule has 0 saturated heterocycles. The van der Waals surface area contributed by atoms with Crippen LogP contribution in [0.2, 0.25) is 0 Å². The van der Waals surface area contributed by atoms with E-state index in [1.54, 1.807) is 12.1 Å². The van der Waals surface area contributed by atoms with Gasteiger partial charge in [-0.25, -0.2) is 49.5 Å². The van der Waals surface area contributed by atoms with E-state index in [9.17, 15) is 43.2 Å². The second kappa shape index (κ2) is 55.9. The summed E-state index contributed by atoms with van der Waals surface area (Å²) in [5, 5.41) is 21.5. The Kier molecular flexibility index (Phi) is 43.0. The summed E-state index contributed by atoms with van der Waals surface area (Å²) >= 11 is 0. The van der Waals surface area contributed by atoms with Crippen LogP contribution in [0.1, 0.15) is 323 Å². The maximum absolute atomic E-state index is 14.4. The number of nitrogens with one attached hydrogen (secondary N) is 8. The van der Waals surface area contributed by atoms with Crippen molar-refractivity contribution in [1.29, 1.82) is 0 Å². The zero-order valence-electron chi connectivity index (χ0n) is 74.3. The van der Waals surface area contributed by atoms with Gasteiger partial charge in [0.25, 0.3) is 41.4 Å². The van der Waals surface area contributed by atoms with E-state index in [4.69, 9.17) is 28.4 Å². The lowest BCUT2D eigenvalue weighted by Crippen LogP contribution is -2.21. The van der Waals surface area contributed by atoms with E-state index in [0.29, 0.717) is 26.1 Å². The lowest BCUT2D eigenvalue weighted by Gasteiger charge is -2.13. The molecule has 680 valence electrons. The third kappa shape index (κ3) is 35.9. The number of aromatic nitrogens is 8. The van der Waals surface area contributed by atoms with Gasteiger partial charge >= 0.3 is 12.1 Å². The molecule has 1 aromatic carbocycles. The van der Waals surface area contributed by atoms with Gasteiger partial charge < -0.3 is 65.6 Å². The van der Waals surface area contributed by atoms with Gasteiger partial charge in [0.05, 0.1) is 33.5 Å². The number of pyridine rings is 8. The Morgan fingerprint density at radius 2 is 0.453 bits per heavy atom. The summed E-state index contributed by atoms with van der Waals surface area (Å²) in [4.78, 5) is 160. The Bertz CT molecular complexity index is 5060. The number of carbonyl (C=O) groups is 9. The predicted octanol–water partition coefficient (Wildman–Crippen LogP) is 21.2. The van der Waals surface area contributed by atoms with E-state index in [0.717, 1.165) is 134 Å². The fourth-order valence-electron chi connectivity index (χ4n) is 13.5. The van der Waals surface area contributed by atoms with Crippen molar-refractivity contribution in [3.8, 4) is 23.0 Å². The standard InChI is InChI=1S/C97H122N16O15/c1-6-10-14-18-22-26-30-37-55-124-69-59-73(98-74(60-69)90(115)108-83-49-42-50-84(103-83)109-93(118)77-63-71(126-57-39-32-28-24-20-16-12-8-3)64-78(100-77)94(119)112-87-53-44-54-88(105-87)113-97(122)128-67-68-45-35-34-36-46-68)89(114)106-81-47-41-48-82(102-81)107-91(116)75-61-70(125-56-38-31-27-23-19-15-11-7-2)62-76(99-75)92(117)110-85-51-43-52-86(104-85)111-95(120)79-65-72(66-80(101-79)96(121)123-5)127-58-40-33-29-25-21-17-13-9-4/h34-36,41-54,59-66H,6-33,37-40,55-58,67H2,1-5H3,(H2,102,106,107,114,116)(H2,103,108,109,115,118)(H2,104,110,111,117,120)(H2,105,112,113,119,122). The van der Waals surface area contributed by atoms with Crippen LogP contribution in [-0.2, 0) is 16.1 Å². The highest BCUT2D eigenvalue weighted by Crippen LogP contribution is 2.27. The number of hydrogen-bond donors (Lipinski definition) is 8. The van der Waals surface area contributed by atoms with Gasteiger partial charge in [-0.3, -0.25) is 38.9 Å². The zero-order valence-corrected chi connectivity index (χ0v) is 74.3. The van der Waals surface area contributed by atoms with Crippen molar-refractivity contribution in [2.24, 2.45) is 0 Å². The molecule has 8 N–H and O–H groups in total. The second-order valence-corrected chi connectivity index (χ2v) is 31.1. The summed E-state index contributed by atoms with van der Waals surface area (Å²) in [5.41, 5.74) is -0.839. The van der Waals surface area contributed by atoms with Crippen LogP contribution in [-0.4, -0.2) is 127 Å². The first-order valence-corrected chi connectivity index (χ1v) is 45.2. The molecule has 8 aromatic heterocycles. The van der Waals surface area contributed by atoms with Crippen LogP contribution >= 0.6 is 0 Å². The molecule has 31 heteroatoms. The first-order valence-electron chi connectivity index (χ1n) is 45.2. The highest BCUT2D eigenvalue weighted by atomic mass is 16.5. The molecule has 128 heavy (non-hydrogen) atoms. The highest BCUT2D eigenvalue weighted by molar-refractivity contribution is 6.10. The molecular formula is C97H122N16O15. The normalized spacial score (nSPS) is 10.9. The number of esters is 1. The molecule has 0 aliphatic heterocycles. The predicted molar refractivity (Wildman–Crippen MR) is 494 cm³/mol. The van der Waals surface area contributed by atoms with Gasteiger partial charge in [-0.2, -0.15) is 0 Å². The van der Waals surface area contributed by atoms with Crippen LogP contribution < -0.4 is 61.5 Å². The van der Waals surface area contributed by atoms with E-state index in [1.165, 1.54) is 181 Å². The van der Waals surface area contributed by atoms with Crippen molar-refractivity contribution < 1.29 is 71.6 Å². The van der Waals surface area contributed by atoms with Crippen molar-refractivity contribution in [1.82, 2.24) is 39.9 Å². The molecule has 0 radical (unpaired) electrons. The molecule has 0 aliphatic carbocycles. The SMILES string of the molecule is CCCCCCCCCCOc1cc(C(=O)Nc2cccc(NC(=O)OCc3ccccc3)n2)nc(C(=O)Nc2cccc(NC(=O)c3cc(OCCCCCCCCCC)cc(C(=O)Nc4cccc(NC(=O)c5cc(OCCCCCCCCCC)cc(C(=O)Nc6cccc(NC(=O)c7cc(OCCCCCCCCCC)cc(C(=O)OC)n7)n6)n5)n4)n3)n2)c1. The molecular weight excluding hydrogens is 1630 g/mol. The third-order valence-electron chi connectivity index (χ3n) is 20.4. The Morgan fingerprint density at radius 1 is 0.242 bits per heavy atom. The Labute approximate surface area is 749 Å². The summed E-state index contributed by atoms with van der Waals surface area (Å²) in [6.45, 7) is 9.94.